The summed E-state index contributed by atoms with van der Waals surface area (Å²) < 4.78 is 28.3. The number of methoxy groups -OCH3 is 5. The molecule has 1 aliphatic heterocycles. The molecule has 7 heteroatoms. The fourth-order valence-electron chi connectivity index (χ4n) is 4.08. The molecule has 1 atom stereocenters. The molecule has 2 aromatic carbocycles. The fourth-order valence-corrected chi connectivity index (χ4v) is 4.08. The molecule has 30 heavy (non-hydrogen) atoms. The summed E-state index contributed by atoms with van der Waals surface area (Å²) in [5, 5.41) is 3.48. The molecule has 1 unspecified atom stereocenters. The highest BCUT2D eigenvalue weighted by Gasteiger charge is 2.31. The van der Waals surface area contributed by atoms with E-state index in [4.69, 9.17) is 23.7 Å². The minimum Gasteiger partial charge on any atom is -0.496 e. The molecule has 1 saturated heterocycles. The zero-order valence-electron chi connectivity index (χ0n) is 18.5. The third-order valence-electron chi connectivity index (χ3n) is 5.50. The molecule has 164 valence electrons. The lowest BCUT2D eigenvalue weighted by molar-refractivity contribution is 0.229. The van der Waals surface area contributed by atoms with Crippen LogP contribution >= 0.6 is 0 Å². The molecule has 0 saturated carbocycles. The zero-order chi connectivity index (χ0) is 21.5. The summed E-state index contributed by atoms with van der Waals surface area (Å²) in [5.41, 5.74) is 2.01. The van der Waals surface area contributed by atoms with Crippen molar-refractivity contribution in [1.82, 2.24) is 10.2 Å². The number of ether oxygens (including phenoxy) is 5. The van der Waals surface area contributed by atoms with Gasteiger partial charge in [-0.1, -0.05) is 12.1 Å². The second kappa shape index (κ2) is 10.4. The zero-order valence-corrected chi connectivity index (χ0v) is 18.5. The second-order valence-electron chi connectivity index (χ2n) is 7.07. The second-order valence-corrected chi connectivity index (χ2v) is 7.07. The summed E-state index contributed by atoms with van der Waals surface area (Å²) in [7, 11) is 8.28. The van der Waals surface area contributed by atoms with E-state index in [-0.39, 0.29) is 6.04 Å². The van der Waals surface area contributed by atoms with Gasteiger partial charge >= 0.3 is 0 Å². The van der Waals surface area contributed by atoms with Crippen LogP contribution < -0.4 is 29.0 Å². The van der Waals surface area contributed by atoms with E-state index in [1.807, 2.05) is 24.3 Å². The number of rotatable bonds is 8. The van der Waals surface area contributed by atoms with Gasteiger partial charge in [0.2, 0.25) is 0 Å². The fraction of sp³-hybridized carbons (Fsp3) is 0.478. The van der Waals surface area contributed by atoms with Crippen LogP contribution in [0.3, 0.4) is 0 Å². The Kier molecular flexibility index (Phi) is 7.65. The Morgan fingerprint density at radius 2 is 1.43 bits per heavy atom. The van der Waals surface area contributed by atoms with Crippen molar-refractivity contribution in [1.29, 1.82) is 0 Å². The summed E-state index contributed by atoms with van der Waals surface area (Å²) in [6.07, 6.45) is 1.05. The summed E-state index contributed by atoms with van der Waals surface area (Å²) in [4.78, 5) is 2.45. The van der Waals surface area contributed by atoms with Crippen molar-refractivity contribution in [3.05, 3.63) is 41.5 Å². The molecule has 0 aliphatic carbocycles. The lowest BCUT2D eigenvalue weighted by Gasteiger charge is -2.33. The maximum Gasteiger partial charge on any atom is 0.165 e. The molecule has 0 aromatic heterocycles. The molecule has 0 bridgehead atoms. The van der Waals surface area contributed by atoms with Gasteiger partial charge in [0.25, 0.3) is 0 Å². The molecule has 1 aliphatic rings. The largest absolute Gasteiger partial charge is 0.496 e. The van der Waals surface area contributed by atoms with Crippen LogP contribution in [0.5, 0.6) is 28.7 Å². The highest BCUT2D eigenvalue weighted by Crippen LogP contribution is 2.45. The summed E-state index contributed by atoms with van der Waals surface area (Å²) in [6.45, 7) is 3.75. The Labute approximate surface area is 178 Å². The standard InChI is InChI=1S/C23H32N2O5/c1-26-18-9-6-8-16(23(18)30-5)22(25-12-7-10-24-11-13-25)17-14-20(28-3)21(29-4)15-19(17)27-2/h6,8-9,14-15,22,24H,7,10-13H2,1-5H3. The van der Waals surface area contributed by atoms with Crippen LogP contribution in [0.25, 0.3) is 0 Å². The highest BCUT2D eigenvalue weighted by molar-refractivity contribution is 5.57. The molecule has 7 nitrogen and oxygen atoms in total. The first kappa shape index (κ1) is 22.1. The van der Waals surface area contributed by atoms with Gasteiger partial charge in [0.15, 0.2) is 23.0 Å². The van der Waals surface area contributed by atoms with E-state index < -0.39 is 0 Å². The van der Waals surface area contributed by atoms with Gasteiger partial charge in [-0.05, 0) is 25.1 Å². The van der Waals surface area contributed by atoms with Crippen LogP contribution in [0.2, 0.25) is 0 Å². The van der Waals surface area contributed by atoms with Gasteiger partial charge in [-0.15, -0.1) is 0 Å². The van der Waals surface area contributed by atoms with Crippen LogP contribution in [0.1, 0.15) is 23.6 Å². The van der Waals surface area contributed by atoms with Crippen LogP contribution in [-0.2, 0) is 0 Å². The van der Waals surface area contributed by atoms with Crippen molar-refractivity contribution in [2.75, 3.05) is 61.7 Å². The number of nitrogens with zero attached hydrogens (tertiary/aromatic N) is 1. The van der Waals surface area contributed by atoms with Gasteiger partial charge in [-0.3, -0.25) is 4.90 Å². The molecule has 3 rings (SSSR count). The molecule has 1 fully saturated rings. The molecule has 1 N–H and O–H groups in total. The lowest BCUT2D eigenvalue weighted by Crippen LogP contribution is -2.33. The Morgan fingerprint density at radius 3 is 2.10 bits per heavy atom. The number of hydrogen-bond acceptors (Lipinski definition) is 7. The van der Waals surface area contributed by atoms with Crippen LogP contribution in [0, 0.1) is 0 Å². The third-order valence-corrected chi connectivity index (χ3v) is 5.50. The molecule has 0 amide bonds. The predicted molar refractivity (Wildman–Crippen MR) is 117 cm³/mol. The monoisotopic (exact) mass is 416 g/mol. The van der Waals surface area contributed by atoms with Crippen molar-refractivity contribution in [3.8, 4) is 28.7 Å². The predicted octanol–water partition coefficient (Wildman–Crippen LogP) is 3.11. The van der Waals surface area contributed by atoms with Crippen LogP contribution in [0.4, 0.5) is 0 Å². The quantitative estimate of drug-likeness (QED) is 0.709. The maximum absolute atomic E-state index is 5.80. The van der Waals surface area contributed by atoms with Gasteiger partial charge in [-0.25, -0.2) is 0 Å². The van der Waals surface area contributed by atoms with Gasteiger partial charge in [-0.2, -0.15) is 0 Å². The molecular formula is C23H32N2O5. The SMILES string of the molecule is COc1cc(OC)c(C(c2cccc(OC)c2OC)N2CCCNCC2)cc1OC. The minimum absolute atomic E-state index is 0.107. The van der Waals surface area contributed by atoms with E-state index in [0.717, 1.165) is 55.2 Å². The third kappa shape index (κ3) is 4.42. The average Bonchev–Trinajstić information content (AvgIpc) is 3.08. The van der Waals surface area contributed by atoms with Crippen molar-refractivity contribution >= 4 is 0 Å². The first-order valence-corrected chi connectivity index (χ1v) is 10.1. The lowest BCUT2D eigenvalue weighted by atomic mass is 9.94. The number of hydrogen-bond donors (Lipinski definition) is 1. The smallest absolute Gasteiger partial charge is 0.165 e. The van der Waals surface area contributed by atoms with E-state index >= 15 is 0 Å². The maximum atomic E-state index is 5.80. The normalized spacial score (nSPS) is 15.8. The first-order chi connectivity index (χ1) is 14.7. The van der Waals surface area contributed by atoms with E-state index in [2.05, 4.69) is 16.3 Å². The van der Waals surface area contributed by atoms with E-state index in [9.17, 15) is 0 Å². The van der Waals surface area contributed by atoms with Crippen molar-refractivity contribution in [3.63, 3.8) is 0 Å². The number of nitrogens with one attached hydrogen (secondary N) is 1. The van der Waals surface area contributed by atoms with Crippen molar-refractivity contribution in [2.24, 2.45) is 0 Å². The summed E-state index contributed by atoms with van der Waals surface area (Å²) in [6, 6.07) is 9.76. The molecule has 2 aromatic rings. The topological polar surface area (TPSA) is 61.4 Å². The number of para-hydroxylation sites is 1. The van der Waals surface area contributed by atoms with E-state index in [1.165, 1.54) is 0 Å². The van der Waals surface area contributed by atoms with Crippen molar-refractivity contribution < 1.29 is 23.7 Å². The van der Waals surface area contributed by atoms with Crippen LogP contribution in [-0.4, -0.2) is 66.6 Å². The Bertz CT molecular complexity index is 835. The van der Waals surface area contributed by atoms with Gasteiger partial charge in [0.05, 0.1) is 41.6 Å². The van der Waals surface area contributed by atoms with Gasteiger partial charge in [0, 0.05) is 36.8 Å². The van der Waals surface area contributed by atoms with Crippen molar-refractivity contribution in [2.45, 2.75) is 12.5 Å². The first-order valence-electron chi connectivity index (χ1n) is 10.1. The molecule has 1 heterocycles. The Morgan fingerprint density at radius 1 is 0.733 bits per heavy atom. The minimum atomic E-state index is -0.107. The van der Waals surface area contributed by atoms with Gasteiger partial charge in [0.1, 0.15) is 5.75 Å². The molecule has 0 spiro atoms. The van der Waals surface area contributed by atoms with E-state index in [1.54, 1.807) is 35.5 Å². The average molecular weight is 417 g/mol. The Balaban J connectivity index is 2.23. The summed E-state index contributed by atoms with van der Waals surface area (Å²) >= 11 is 0. The molecular weight excluding hydrogens is 384 g/mol. The highest BCUT2D eigenvalue weighted by atomic mass is 16.5. The molecule has 0 radical (unpaired) electrons. The van der Waals surface area contributed by atoms with Gasteiger partial charge < -0.3 is 29.0 Å². The number of benzene rings is 2. The van der Waals surface area contributed by atoms with E-state index in [0.29, 0.717) is 17.2 Å². The Hall–Kier alpha value is -2.64. The summed E-state index contributed by atoms with van der Waals surface area (Å²) in [5.74, 6) is 3.45. The van der Waals surface area contributed by atoms with Crippen LogP contribution in [0.15, 0.2) is 30.3 Å².